The monoisotopic (exact) mass is 340 g/mol. The van der Waals surface area contributed by atoms with Crippen LogP contribution in [-0.4, -0.2) is 45.7 Å². The van der Waals surface area contributed by atoms with Gasteiger partial charge >= 0.3 is 12.1 Å². The van der Waals surface area contributed by atoms with E-state index in [1.54, 1.807) is 39.1 Å². The van der Waals surface area contributed by atoms with Crippen LogP contribution < -0.4 is 0 Å². The summed E-state index contributed by atoms with van der Waals surface area (Å²) in [7, 11) is 0. The van der Waals surface area contributed by atoms with E-state index in [4.69, 9.17) is 16.3 Å². The summed E-state index contributed by atoms with van der Waals surface area (Å²) in [6.07, 6.45) is 1.77. The van der Waals surface area contributed by atoms with Gasteiger partial charge in [0.05, 0.1) is 5.41 Å². The number of carbonyl (C=O) groups excluding carboxylic acids is 1. The molecule has 1 fully saturated rings. The van der Waals surface area contributed by atoms with Gasteiger partial charge in [-0.15, -0.1) is 0 Å². The lowest BCUT2D eigenvalue weighted by molar-refractivity contribution is -0.148. The third-order valence-corrected chi connectivity index (χ3v) is 4.01. The predicted molar refractivity (Wildman–Crippen MR) is 85.4 cm³/mol. The Bertz CT molecular complexity index is 597. The smallest absolute Gasteiger partial charge is 0.410 e. The number of pyridine rings is 1. The largest absolute Gasteiger partial charge is 0.481 e. The fourth-order valence-corrected chi connectivity index (χ4v) is 2.76. The minimum absolute atomic E-state index is 0.125. The zero-order valence-corrected chi connectivity index (χ0v) is 14.3. The van der Waals surface area contributed by atoms with E-state index in [1.165, 1.54) is 4.90 Å². The van der Waals surface area contributed by atoms with Crippen LogP contribution in [0.5, 0.6) is 0 Å². The molecule has 0 aromatic carbocycles. The van der Waals surface area contributed by atoms with Gasteiger partial charge in [0.25, 0.3) is 0 Å². The zero-order chi connectivity index (χ0) is 17.3. The van der Waals surface area contributed by atoms with Crippen LogP contribution in [0.2, 0.25) is 5.15 Å². The van der Waals surface area contributed by atoms with Crippen molar-refractivity contribution in [3.8, 4) is 0 Å². The molecular formula is C16H21ClN2O4. The summed E-state index contributed by atoms with van der Waals surface area (Å²) >= 11 is 5.75. The Morgan fingerprint density at radius 1 is 1.43 bits per heavy atom. The van der Waals surface area contributed by atoms with Gasteiger partial charge in [0, 0.05) is 19.3 Å². The third kappa shape index (κ3) is 4.34. The maximum Gasteiger partial charge on any atom is 0.410 e. The number of hydrogen-bond donors (Lipinski definition) is 1. The first kappa shape index (κ1) is 17.5. The molecule has 2 heterocycles. The number of aliphatic carboxylic acids is 1. The Kier molecular flexibility index (Phi) is 4.84. The summed E-state index contributed by atoms with van der Waals surface area (Å²) in [6.45, 7) is 5.84. The summed E-state index contributed by atoms with van der Waals surface area (Å²) in [4.78, 5) is 29.4. The Labute approximate surface area is 140 Å². The van der Waals surface area contributed by atoms with Crippen molar-refractivity contribution in [1.29, 1.82) is 0 Å². The molecular weight excluding hydrogens is 320 g/mol. The molecule has 0 bridgehead atoms. The number of carboxylic acid groups (broad SMARTS) is 1. The second-order valence-corrected chi connectivity index (χ2v) is 7.29. The molecule has 1 aliphatic heterocycles. The van der Waals surface area contributed by atoms with Crippen molar-refractivity contribution in [2.24, 2.45) is 5.41 Å². The summed E-state index contributed by atoms with van der Waals surface area (Å²) in [5, 5.41) is 10.0. The number of amides is 1. The number of likely N-dealkylation sites (tertiary alicyclic amines) is 1. The van der Waals surface area contributed by atoms with Crippen molar-refractivity contribution < 1.29 is 19.4 Å². The van der Waals surface area contributed by atoms with E-state index in [0.29, 0.717) is 24.5 Å². The average Bonchev–Trinajstić information content (AvgIpc) is 2.85. The molecule has 2 rings (SSSR count). The number of carboxylic acids is 1. The molecule has 1 amide bonds. The van der Waals surface area contributed by atoms with Gasteiger partial charge in [0.15, 0.2) is 0 Å². The molecule has 1 aromatic rings. The van der Waals surface area contributed by atoms with Gasteiger partial charge in [-0.25, -0.2) is 9.78 Å². The average molecular weight is 341 g/mol. The van der Waals surface area contributed by atoms with E-state index in [9.17, 15) is 14.7 Å². The lowest BCUT2D eigenvalue weighted by atomic mass is 9.81. The van der Waals surface area contributed by atoms with Gasteiger partial charge in [-0.2, -0.15) is 0 Å². The number of hydrogen-bond acceptors (Lipinski definition) is 4. The van der Waals surface area contributed by atoms with Gasteiger partial charge in [0.2, 0.25) is 0 Å². The molecule has 0 aliphatic carbocycles. The van der Waals surface area contributed by atoms with Crippen molar-refractivity contribution in [3.05, 3.63) is 29.0 Å². The predicted octanol–water partition coefficient (Wildman–Crippen LogP) is 2.99. The second kappa shape index (κ2) is 6.35. The quantitative estimate of drug-likeness (QED) is 0.856. The Morgan fingerprint density at radius 2 is 2.13 bits per heavy atom. The summed E-state index contributed by atoms with van der Waals surface area (Å²) in [5.74, 6) is -0.918. The second-order valence-electron chi connectivity index (χ2n) is 6.90. The van der Waals surface area contributed by atoms with E-state index >= 15 is 0 Å². The van der Waals surface area contributed by atoms with Gasteiger partial charge in [0.1, 0.15) is 10.8 Å². The maximum absolute atomic E-state index is 12.1. The molecule has 7 heteroatoms. The molecule has 0 radical (unpaired) electrons. The van der Waals surface area contributed by atoms with E-state index in [-0.39, 0.29) is 6.54 Å². The van der Waals surface area contributed by atoms with Crippen LogP contribution in [0.15, 0.2) is 18.3 Å². The number of halogens is 1. The Morgan fingerprint density at radius 3 is 2.65 bits per heavy atom. The Balaban J connectivity index is 2.12. The summed E-state index contributed by atoms with van der Waals surface area (Å²) in [6, 6.07) is 3.39. The van der Waals surface area contributed by atoms with E-state index in [1.807, 2.05) is 0 Å². The highest BCUT2D eigenvalue weighted by Gasteiger charge is 2.47. The minimum Gasteiger partial charge on any atom is -0.481 e. The highest BCUT2D eigenvalue weighted by atomic mass is 35.5. The normalized spacial score (nSPS) is 21.3. The minimum atomic E-state index is -1.02. The fourth-order valence-electron chi connectivity index (χ4n) is 2.65. The van der Waals surface area contributed by atoms with Crippen LogP contribution in [-0.2, 0) is 16.0 Å². The van der Waals surface area contributed by atoms with Gasteiger partial charge in [-0.05, 0) is 45.2 Å². The van der Waals surface area contributed by atoms with E-state index in [0.717, 1.165) is 5.56 Å². The molecule has 1 saturated heterocycles. The number of carbonyl (C=O) groups is 2. The molecule has 1 N–H and O–H groups in total. The van der Waals surface area contributed by atoms with Gasteiger partial charge in [-0.3, -0.25) is 4.79 Å². The van der Waals surface area contributed by atoms with E-state index in [2.05, 4.69) is 4.98 Å². The Hall–Kier alpha value is -1.82. The fraction of sp³-hybridized carbons (Fsp3) is 0.562. The molecule has 6 nitrogen and oxygen atoms in total. The van der Waals surface area contributed by atoms with Gasteiger partial charge < -0.3 is 14.7 Å². The molecule has 126 valence electrons. The standard InChI is InChI=1S/C16H21ClN2O4/c1-15(2,3)23-14(22)19-7-6-16(10-19,13(20)21)8-11-4-5-12(17)18-9-11/h4-5,9H,6-8,10H2,1-3H3,(H,20,21). The molecule has 0 saturated carbocycles. The van der Waals surface area contributed by atoms with Gasteiger partial charge in [-0.1, -0.05) is 17.7 Å². The topological polar surface area (TPSA) is 79.7 Å². The molecule has 0 spiro atoms. The van der Waals surface area contributed by atoms with Crippen LogP contribution in [0.4, 0.5) is 4.79 Å². The van der Waals surface area contributed by atoms with Crippen molar-refractivity contribution in [2.75, 3.05) is 13.1 Å². The lowest BCUT2D eigenvalue weighted by Crippen LogP contribution is -2.40. The van der Waals surface area contributed by atoms with Crippen molar-refractivity contribution in [1.82, 2.24) is 9.88 Å². The van der Waals surface area contributed by atoms with Crippen molar-refractivity contribution in [3.63, 3.8) is 0 Å². The summed E-state index contributed by atoms with van der Waals surface area (Å²) < 4.78 is 5.32. The van der Waals surface area contributed by atoms with Crippen LogP contribution in [0.1, 0.15) is 32.8 Å². The first-order valence-electron chi connectivity index (χ1n) is 7.43. The van der Waals surface area contributed by atoms with Crippen LogP contribution >= 0.6 is 11.6 Å². The first-order valence-corrected chi connectivity index (χ1v) is 7.81. The molecule has 1 aromatic heterocycles. The van der Waals surface area contributed by atoms with Crippen LogP contribution in [0.3, 0.4) is 0 Å². The number of rotatable bonds is 3. The molecule has 1 atom stereocenters. The molecule has 23 heavy (non-hydrogen) atoms. The third-order valence-electron chi connectivity index (χ3n) is 3.79. The highest BCUT2D eigenvalue weighted by Crippen LogP contribution is 2.35. The molecule has 1 unspecified atom stereocenters. The van der Waals surface area contributed by atoms with Crippen LogP contribution in [0.25, 0.3) is 0 Å². The van der Waals surface area contributed by atoms with E-state index < -0.39 is 23.1 Å². The van der Waals surface area contributed by atoms with Crippen molar-refractivity contribution in [2.45, 2.75) is 39.2 Å². The maximum atomic E-state index is 12.1. The lowest BCUT2D eigenvalue weighted by Gasteiger charge is -2.27. The number of nitrogens with zero attached hydrogens (tertiary/aromatic N) is 2. The van der Waals surface area contributed by atoms with Crippen LogP contribution in [0, 0.1) is 5.41 Å². The summed E-state index contributed by atoms with van der Waals surface area (Å²) in [5.41, 5.74) is -0.847. The number of ether oxygens (including phenoxy) is 1. The van der Waals surface area contributed by atoms with Crippen molar-refractivity contribution >= 4 is 23.7 Å². The first-order chi connectivity index (χ1) is 10.6. The number of aromatic nitrogens is 1. The zero-order valence-electron chi connectivity index (χ0n) is 13.5. The SMILES string of the molecule is CC(C)(C)OC(=O)N1CCC(Cc2ccc(Cl)nc2)(C(=O)O)C1. The molecule has 1 aliphatic rings. The highest BCUT2D eigenvalue weighted by molar-refractivity contribution is 6.29.